The first-order valence-corrected chi connectivity index (χ1v) is 13.4. The summed E-state index contributed by atoms with van der Waals surface area (Å²) in [5, 5.41) is 9.94. The van der Waals surface area contributed by atoms with Crippen molar-refractivity contribution in [3.8, 4) is 0 Å². The Morgan fingerprint density at radius 1 is 1.13 bits per heavy atom. The van der Waals surface area contributed by atoms with Crippen molar-refractivity contribution >= 4 is 17.6 Å². The molecule has 2 fully saturated rings. The quantitative estimate of drug-likeness (QED) is 0.431. The summed E-state index contributed by atoms with van der Waals surface area (Å²) < 4.78 is 46.7. The molecule has 5 rings (SSSR count). The average molecular weight is 544 g/mol. The van der Waals surface area contributed by atoms with E-state index in [2.05, 4.69) is 15.7 Å². The smallest absolute Gasteiger partial charge is 0.408 e. The zero-order valence-electron chi connectivity index (χ0n) is 21.5. The summed E-state index contributed by atoms with van der Waals surface area (Å²) in [6.07, 6.45) is 1.90. The Labute approximate surface area is 224 Å². The van der Waals surface area contributed by atoms with Crippen LogP contribution in [-0.2, 0) is 22.6 Å². The average Bonchev–Trinajstić information content (AvgIpc) is 3.35. The van der Waals surface area contributed by atoms with Crippen LogP contribution in [0.3, 0.4) is 0 Å². The summed E-state index contributed by atoms with van der Waals surface area (Å²) >= 11 is 0. The van der Waals surface area contributed by atoms with Gasteiger partial charge in [-0.05, 0) is 42.9 Å². The molecule has 8 nitrogen and oxygen atoms in total. The molecular formula is C28H32F3N5O3. The number of hydrogen-bond acceptors (Lipinski definition) is 5. The third kappa shape index (κ3) is 6.69. The van der Waals surface area contributed by atoms with E-state index in [-0.39, 0.29) is 43.9 Å². The summed E-state index contributed by atoms with van der Waals surface area (Å²) in [5.74, 6) is -2.57. The molecule has 11 heteroatoms. The highest BCUT2D eigenvalue weighted by Gasteiger charge is 2.44. The van der Waals surface area contributed by atoms with Crippen LogP contribution in [0.2, 0.25) is 0 Å². The maximum Gasteiger partial charge on any atom is 0.408 e. The molecule has 1 unspecified atom stereocenters. The van der Waals surface area contributed by atoms with Gasteiger partial charge in [-0.3, -0.25) is 4.79 Å². The Morgan fingerprint density at radius 2 is 1.90 bits per heavy atom. The number of imidazole rings is 1. The van der Waals surface area contributed by atoms with Crippen molar-refractivity contribution in [2.24, 2.45) is 17.8 Å². The molecule has 2 amide bonds. The van der Waals surface area contributed by atoms with Crippen LogP contribution in [0, 0.1) is 17.8 Å². The van der Waals surface area contributed by atoms with Gasteiger partial charge in [0.15, 0.2) is 5.65 Å². The minimum absolute atomic E-state index is 0.0952. The number of alkyl halides is 3. The van der Waals surface area contributed by atoms with Crippen molar-refractivity contribution in [3.63, 3.8) is 0 Å². The first kappa shape index (κ1) is 27.0. The normalized spacial score (nSPS) is 21.4. The molecule has 0 spiro atoms. The molecule has 0 radical (unpaired) electrons. The first-order valence-electron chi connectivity index (χ1n) is 13.4. The summed E-state index contributed by atoms with van der Waals surface area (Å²) in [5.41, 5.74) is 2.59. The highest BCUT2D eigenvalue weighted by molar-refractivity contribution is 5.79. The monoisotopic (exact) mass is 543 g/mol. The highest BCUT2D eigenvalue weighted by Crippen LogP contribution is 2.35. The van der Waals surface area contributed by atoms with Gasteiger partial charge in [-0.1, -0.05) is 49.6 Å². The molecule has 1 aromatic carbocycles. The SMILES string of the molecule is O=C(N[C@H](c1cn2nc(CC3C[C@@H](C(F)(F)F)CNC3=O)ccc2n1)C1CCCCC1)OCc1ccccc1. The number of hydrogen-bond donors (Lipinski definition) is 2. The molecule has 1 saturated heterocycles. The van der Waals surface area contributed by atoms with Crippen LogP contribution < -0.4 is 10.6 Å². The highest BCUT2D eigenvalue weighted by atomic mass is 19.4. The number of carbonyl (C=O) groups is 2. The summed E-state index contributed by atoms with van der Waals surface area (Å²) in [7, 11) is 0. The lowest BCUT2D eigenvalue weighted by atomic mass is 9.83. The van der Waals surface area contributed by atoms with E-state index < -0.39 is 24.1 Å². The summed E-state index contributed by atoms with van der Waals surface area (Å²) in [6.45, 7) is -0.233. The molecular weight excluding hydrogens is 511 g/mol. The van der Waals surface area contributed by atoms with Crippen LogP contribution in [0.4, 0.5) is 18.0 Å². The number of amides is 2. The van der Waals surface area contributed by atoms with Crippen LogP contribution in [0.5, 0.6) is 0 Å². The number of benzene rings is 1. The zero-order chi connectivity index (χ0) is 27.4. The van der Waals surface area contributed by atoms with Crippen LogP contribution in [0.1, 0.15) is 61.5 Å². The number of alkyl carbamates (subject to hydrolysis) is 1. The van der Waals surface area contributed by atoms with Crippen molar-refractivity contribution in [1.82, 2.24) is 25.2 Å². The second kappa shape index (κ2) is 11.6. The number of carbonyl (C=O) groups excluding carboxylic acids is 2. The third-order valence-corrected chi connectivity index (χ3v) is 7.70. The Morgan fingerprint density at radius 3 is 2.64 bits per heavy atom. The summed E-state index contributed by atoms with van der Waals surface area (Å²) in [6, 6.07) is 12.5. The molecule has 2 N–H and O–H groups in total. The molecule has 1 saturated carbocycles. The lowest BCUT2D eigenvalue weighted by Crippen LogP contribution is -2.47. The molecule has 3 atom stereocenters. The van der Waals surface area contributed by atoms with Gasteiger partial charge in [0.25, 0.3) is 0 Å². The second-order valence-corrected chi connectivity index (χ2v) is 10.5. The van der Waals surface area contributed by atoms with E-state index in [0.717, 1.165) is 37.7 Å². The number of piperidine rings is 1. The maximum atomic E-state index is 13.2. The van der Waals surface area contributed by atoms with Gasteiger partial charge in [0.05, 0.1) is 29.5 Å². The molecule has 2 aliphatic rings. The van der Waals surface area contributed by atoms with Crippen LogP contribution in [0.25, 0.3) is 5.65 Å². The topological polar surface area (TPSA) is 97.6 Å². The Kier molecular flexibility index (Phi) is 8.04. The molecule has 0 bridgehead atoms. The van der Waals surface area contributed by atoms with Gasteiger partial charge in [0, 0.05) is 18.9 Å². The van der Waals surface area contributed by atoms with Gasteiger partial charge in [-0.25, -0.2) is 14.3 Å². The minimum atomic E-state index is -4.36. The van der Waals surface area contributed by atoms with E-state index in [0.29, 0.717) is 17.0 Å². The number of aromatic nitrogens is 3. The lowest BCUT2D eigenvalue weighted by molar-refractivity contribution is -0.183. The molecule has 208 valence electrons. The zero-order valence-corrected chi connectivity index (χ0v) is 21.5. The Balaban J connectivity index is 1.31. The fraction of sp³-hybridized carbons (Fsp3) is 0.500. The van der Waals surface area contributed by atoms with E-state index in [9.17, 15) is 22.8 Å². The van der Waals surface area contributed by atoms with Gasteiger partial charge in [0.2, 0.25) is 5.91 Å². The predicted molar refractivity (Wildman–Crippen MR) is 136 cm³/mol. The number of ether oxygens (including phenoxy) is 1. The van der Waals surface area contributed by atoms with Crippen molar-refractivity contribution in [2.45, 2.75) is 63.8 Å². The maximum absolute atomic E-state index is 13.2. The van der Waals surface area contributed by atoms with Gasteiger partial charge in [0.1, 0.15) is 6.61 Å². The fourth-order valence-electron chi connectivity index (χ4n) is 5.57. The van der Waals surface area contributed by atoms with E-state index in [4.69, 9.17) is 9.72 Å². The number of nitrogens with zero attached hydrogens (tertiary/aromatic N) is 3. The Bertz CT molecular complexity index is 1290. The molecule has 3 aromatic rings. The van der Waals surface area contributed by atoms with E-state index in [1.165, 1.54) is 0 Å². The van der Waals surface area contributed by atoms with Gasteiger partial charge >= 0.3 is 12.3 Å². The van der Waals surface area contributed by atoms with Crippen LogP contribution in [-0.4, -0.2) is 39.3 Å². The third-order valence-electron chi connectivity index (χ3n) is 7.70. The largest absolute Gasteiger partial charge is 0.445 e. The molecule has 3 heterocycles. The molecule has 39 heavy (non-hydrogen) atoms. The number of nitrogens with one attached hydrogen (secondary N) is 2. The van der Waals surface area contributed by atoms with Crippen molar-refractivity contribution < 1.29 is 27.5 Å². The van der Waals surface area contributed by atoms with E-state index in [1.807, 2.05) is 30.3 Å². The van der Waals surface area contributed by atoms with Crippen molar-refractivity contribution in [1.29, 1.82) is 0 Å². The second-order valence-electron chi connectivity index (χ2n) is 10.5. The summed E-state index contributed by atoms with van der Waals surface area (Å²) in [4.78, 5) is 29.7. The predicted octanol–water partition coefficient (Wildman–Crippen LogP) is 5.13. The molecule has 1 aliphatic carbocycles. The van der Waals surface area contributed by atoms with Crippen molar-refractivity contribution in [3.05, 3.63) is 65.6 Å². The van der Waals surface area contributed by atoms with E-state index in [1.54, 1.807) is 22.8 Å². The minimum Gasteiger partial charge on any atom is -0.445 e. The molecule has 2 aromatic heterocycles. The van der Waals surface area contributed by atoms with Crippen molar-refractivity contribution in [2.75, 3.05) is 6.54 Å². The lowest BCUT2D eigenvalue weighted by Gasteiger charge is -2.30. The van der Waals surface area contributed by atoms with E-state index >= 15 is 0 Å². The molecule has 1 aliphatic heterocycles. The number of halogens is 3. The van der Waals surface area contributed by atoms with Gasteiger partial charge in [-0.2, -0.15) is 18.3 Å². The Hall–Kier alpha value is -3.63. The number of rotatable bonds is 7. The van der Waals surface area contributed by atoms with Gasteiger partial charge < -0.3 is 15.4 Å². The standard InChI is InChI=1S/C28H32F3N5O3/c29-28(30,31)21-13-20(26(37)32-15-21)14-22-11-12-24-33-23(16-36(24)35-22)25(19-9-5-2-6-10-19)34-27(38)39-17-18-7-3-1-4-8-18/h1,3-4,7-8,11-12,16,19-21,25H,2,5-6,9-10,13-15,17H2,(H,32,37)(H,34,38)/t20?,21-,25+/m1/s1. The van der Waals surface area contributed by atoms with Crippen LogP contribution >= 0.6 is 0 Å². The first-order chi connectivity index (χ1) is 18.8. The number of fused-ring (bicyclic) bond motifs is 1. The van der Waals surface area contributed by atoms with Gasteiger partial charge in [-0.15, -0.1) is 0 Å². The van der Waals surface area contributed by atoms with Crippen LogP contribution in [0.15, 0.2) is 48.7 Å². The fourth-order valence-corrected chi connectivity index (χ4v) is 5.57.